The van der Waals surface area contributed by atoms with E-state index < -0.39 is 49.5 Å². The molecule has 0 aromatic carbocycles. The molecule has 7 unspecified atom stereocenters. The van der Waals surface area contributed by atoms with Crippen LogP contribution in [0.4, 0.5) is 0 Å². The average Bonchev–Trinajstić information content (AvgIpc) is 3.49. The van der Waals surface area contributed by atoms with Crippen molar-refractivity contribution in [2.75, 3.05) is 19.8 Å². The van der Waals surface area contributed by atoms with Crippen molar-refractivity contribution in [2.45, 2.75) is 352 Å². The van der Waals surface area contributed by atoms with Crippen LogP contribution in [0.2, 0.25) is 0 Å². The minimum absolute atomic E-state index is 0.00436. The lowest BCUT2D eigenvalue weighted by Gasteiger charge is -2.40. The quantitative estimate of drug-likeness (QED) is 0.0195. The number of nitrogens with one attached hydrogen (secondary N) is 1. The van der Waals surface area contributed by atoms with Gasteiger partial charge in [-0.15, -0.1) is 0 Å². The van der Waals surface area contributed by atoms with Gasteiger partial charge in [-0.1, -0.05) is 268 Å². The zero-order valence-electron chi connectivity index (χ0n) is 51.1. The van der Waals surface area contributed by atoms with E-state index in [1.165, 1.54) is 218 Å². The Balaban J connectivity index is 1.96. The van der Waals surface area contributed by atoms with Gasteiger partial charge in [-0.3, -0.25) is 9.59 Å². The number of amides is 1. The Labute approximate surface area is 485 Å². The highest BCUT2D eigenvalue weighted by atomic mass is 16.7. The number of esters is 1. The molecule has 1 heterocycles. The van der Waals surface area contributed by atoms with Gasteiger partial charge in [0.05, 0.1) is 32.0 Å². The van der Waals surface area contributed by atoms with Crippen LogP contribution in [0.5, 0.6) is 0 Å². The lowest BCUT2D eigenvalue weighted by Crippen LogP contribution is -2.60. The maximum absolute atomic E-state index is 13.0. The second kappa shape index (κ2) is 57.4. The molecule has 1 aliphatic rings. The van der Waals surface area contributed by atoms with Crippen molar-refractivity contribution in [2.24, 2.45) is 0 Å². The summed E-state index contributed by atoms with van der Waals surface area (Å²) in [4.78, 5) is 25.0. The fourth-order valence-electron chi connectivity index (χ4n) is 10.4. The van der Waals surface area contributed by atoms with Crippen LogP contribution in [-0.4, -0.2) is 100 Å². The summed E-state index contributed by atoms with van der Waals surface area (Å²) in [6.45, 7) is 4.29. The molecule has 0 bridgehead atoms. The fourth-order valence-corrected chi connectivity index (χ4v) is 10.4. The molecule has 11 nitrogen and oxygen atoms in total. The summed E-state index contributed by atoms with van der Waals surface area (Å²) < 4.78 is 16.7. The van der Waals surface area contributed by atoms with Crippen molar-refractivity contribution in [3.05, 3.63) is 48.6 Å². The van der Waals surface area contributed by atoms with E-state index in [4.69, 9.17) is 14.2 Å². The lowest BCUT2D eigenvalue weighted by atomic mass is 9.99. The van der Waals surface area contributed by atoms with Gasteiger partial charge in [0, 0.05) is 12.8 Å². The molecule has 1 aliphatic heterocycles. The van der Waals surface area contributed by atoms with Crippen molar-refractivity contribution >= 4 is 11.9 Å². The van der Waals surface area contributed by atoms with Gasteiger partial charge in [0.15, 0.2) is 6.29 Å². The minimum atomic E-state index is -1.58. The molecule has 0 spiro atoms. The zero-order chi connectivity index (χ0) is 57.3. The summed E-state index contributed by atoms with van der Waals surface area (Å²) in [5.41, 5.74) is 0. The molecule has 1 rings (SSSR count). The van der Waals surface area contributed by atoms with Crippen LogP contribution in [0.25, 0.3) is 0 Å². The summed E-state index contributed by atoms with van der Waals surface area (Å²) in [5.74, 6) is -0.191. The Morgan fingerprint density at radius 3 is 1.35 bits per heavy atom. The third-order valence-corrected chi connectivity index (χ3v) is 15.7. The number of carbonyl (C=O) groups excluding carboxylic acids is 2. The molecular weight excluding hydrogens is 991 g/mol. The standard InChI is InChI=1S/C68H125NO10/c1-3-5-7-9-11-13-14-32-36-40-44-48-52-56-64(73)77-57-53-49-45-41-37-34-31-29-27-25-23-21-19-17-15-16-18-20-22-24-26-28-30-33-35-39-43-47-51-55-63(72)69-60(61(71)54-50-46-42-38-12-10-8-6-4-2)59-78-68-67(76)66(75)65(74)62(58-70)79-68/h12,15,17,21,23,38,50,54,60-62,65-68,70-71,74-76H,3-11,13-14,16,18-20,22,24-37,39-49,51-53,55-59H2,1-2H3,(H,69,72)/b17-15-,23-21-,38-12+,54-50+. The van der Waals surface area contributed by atoms with Gasteiger partial charge in [0.1, 0.15) is 24.4 Å². The number of ether oxygens (including phenoxy) is 3. The molecule has 1 fully saturated rings. The van der Waals surface area contributed by atoms with Gasteiger partial charge in [0.2, 0.25) is 5.91 Å². The Bertz CT molecular complexity index is 1450. The van der Waals surface area contributed by atoms with Gasteiger partial charge >= 0.3 is 5.97 Å². The van der Waals surface area contributed by atoms with Crippen molar-refractivity contribution < 1.29 is 49.3 Å². The second-order valence-electron chi connectivity index (χ2n) is 23.2. The van der Waals surface area contributed by atoms with E-state index in [-0.39, 0.29) is 18.5 Å². The predicted molar refractivity (Wildman–Crippen MR) is 329 cm³/mol. The maximum Gasteiger partial charge on any atom is 0.305 e. The Morgan fingerprint density at radius 2 is 0.861 bits per heavy atom. The summed E-state index contributed by atoms with van der Waals surface area (Å²) in [6.07, 6.45) is 64.0. The summed E-state index contributed by atoms with van der Waals surface area (Å²) in [5, 5.41) is 54.2. The SMILES string of the molecule is CCCCC/C=C/CC/C=C/C(O)C(COC1OC(CO)C(O)C(O)C1O)NC(=O)CCCCCCCCCCCCCCC/C=C\C/C=C\CCCCCCCCCCCOC(=O)CCCCCCCCCCCCCCC. The number of allylic oxidation sites excluding steroid dienone is 7. The first-order chi connectivity index (χ1) is 38.7. The molecule has 0 aromatic rings. The van der Waals surface area contributed by atoms with Crippen LogP contribution in [-0.2, 0) is 23.8 Å². The lowest BCUT2D eigenvalue weighted by molar-refractivity contribution is -0.302. The van der Waals surface area contributed by atoms with Crippen LogP contribution < -0.4 is 5.32 Å². The van der Waals surface area contributed by atoms with E-state index in [0.29, 0.717) is 19.4 Å². The van der Waals surface area contributed by atoms with Gasteiger partial charge in [-0.2, -0.15) is 0 Å². The second-order valence-corrected chi connectivity index (χ2v) is 23.2. The highest BCUT2D eigenvalue weighted by molar-refractivity contribution is 5.76. The largest absolute Gasteiger partial charge is 0.466 e. The number of rotatable bonds is 58. The maximum atomic E-state index is 13.0. The smallest absolute Gasteiger partial charge is 0.305 e. The van der Waals surface area contributed by atoms with Crippen molar-refractivity contribution in [1.29, 1.82) is 0 Å². The molecule has 1 amide bonds. The predicted octanol–water partition coefficient (Wildman–Crippen LogP) is 16.4. The van der Waals surface area contributed by atoms with Crippen molar-refractivity contribution in [3.8, 4) is 0 Å². The highest BCUT2D eigenvalue weighted by Crippen LogP contribution is 2.23. The first-order valence-electron chi connectivity index (χ1n) is 33.4. The molecule has 0 saturated carbocycles. The van der Waals surface area contributed by atoms with Gasteiger partial charge in [-0.05, 0) is 77.0 Å². The van der Waals surface area contributed by atoms with Crippen LogP contribution in [0.1, 0.15) is 309 Å². The van der Waals surface area contributed by atoms with Crippen LogP contribution in [0, 0.1) is 0 Å². The number of hydrogen-bond acceptors (Lipinski definition) is 10. The fraction of sp³-hybridized carbons (Fsp3) is 0.853. The molecule has 0 radical (unpaired) electrons. The van der Waals surface area contributed by atoms with E-state index >= 15 is 0 Å². The average molecular weight is 1120 g/mol. The van der Waals surface area contributed by atoms with Crippen molar-refractivity contribution in [3.63, 3.8) is 0 Å². The first kappa shape index (κ1) is 74.6. The van der Waals surface area contributed by atoms with E-state index in [1.54, 1.807) is 6.08 Å². The number of aliphatic hydroxyl groups excluding tert-OH is 5. The molecule has 6 N–H and O–H groups in total. The summed E-state index contributed by atoms with van der Waals surface area (Å²) >= 11 is 0. The molecule has 0 aliphatic carbocycles. The molecule has 79 heavy (non-hydrogen) atoms. The number of aliphatic hydroxyl groups is 5. The molecule has 1 saturated heterocycles. The van der Waals surface area contributed by atoms with E-state index in [2.05, 4.69) is 55.6 Å². The van der Waals surface area contributed by atoms with Crippen molar-refractivity contribution in [1.82, 2.24) is 5.32 Å². The number of carbonyl (C=O) groups is 2. The Morgan fingerprint density at radius 1 is 0.468 bits per heavy atom. The third kappa shape index (κ3) is 46.8. The minimum Gasteiger partial charge on any atom is -0.466 e. The number of unbranched alkanes of at least 4 members (excludes halogenated alkanes) is 38. The third-order valence-electron chi connectivity index (χ3n) is 15.7. The van der Waals surface area contributed by atoms with Crippen LogP contribution in [0.3, 0.4) is 0 Å². The summed E-state index contributed by atoms with van der Waals surface area (Å²) in [6, 6.07) is -0.827. The Hall–Kier alpha value is -2.38. The molecular formula is C68H125NO10. The number of hydrogen-bond donors (Lipinski definition) is 6. The molecule has 462 valence electrons. The summed E-state index contributed by atoms with van der Waals surface area (Å²) in [7, 11) is 0. The topological polar surface area (TPSA) is 175 Å². The molecule has 7 atom stereocenters. The van der Waals surface area contributed by atoms with Crippen LogP contribution in [0.15, 0.2) is 48.6 Å². The monoisotopic (exact) mass is 1120 g/mol. The zero-order valence-corrected chi connectivity index (χ0v) is 51.1. The normalized spacial score (nSPS) is 18.7. The van der Waals surface area contributed by atoms with Gasteiger partial charge in [0.25, 0.3) is 0 Å². The van der Waals surface area contributed by atoms with Gasteiger partial charge < -0.3 is 45.1 Å². The molecule has 0 aromatic heterocycles. The van der Waals surface area contributed by atoms with E-state index in [0.717, 1.165) is 64.2 Å². The Kier molecular flexibility index (Phi) is 54.3. The molecule has 11 heteroatoms. The van der Waals surface area contributed by atoms with Gasteiger partial charge in [-0.25, -0.2) is 0 Å². The van der Waals surface area contributed by atoms with Crippen LogP contribution >= 0.6 is 0 Å². The van der Waals surface area contributed by atoms with E-state index in [9.17, 15) is 35.1 Å². The highest BCUT2D eigenvalue weighted by Gasteiger charge is 2.44. The first-order valence-corrected chi connectivity index (χ1v) is 33.4. The van der Waals surface area contributed by atoms with E-state index in [1.807, 2.05) is 6.08 Å².